The van der Waals surface area contributed by atoms with Crippen molar-refractivity contribution in [1.82, 2.24) is 9.97 Å². The zero-order valence-electron chi connectivity index (χ0n) is 10.2. The third kappa shape index (κ3) is 4.57. The zero-order valence-corrected chi connectivity index (χ0v) is 10.2. The number of rotatable bonds is 6. The molecule has 1 atom stereocenters. The van der Waals surface area contributed by atoms with Gasteiger partial charge in [0.1, 0.15) is 6.33 Å². The van der Waals surface area contributed by atoms with E-state index in [1.54, 1.807) is 13.2 Å². The van der Waals surface area contributed by atoms with Crippen molar-refractivity contribution < 1.29 is 9.84 Å². The van der Waals surface area contributed by atoms with E-state index < -0.39 is 0 Å². The fourth-order valence-electron chi connectivity index (χ4n) is 1.47. The van der Waals surface area contributed by atoms with E-state index in [4.69, 9.17) is 4.74 Å². The molecule has 0 saturated carbocycles. The van der Waals surface area contributed by atoms with Crippen molar-refractivity contribution in [1.29, 1.82) is 0 Å². The maximum atomic E-state index is 9.81. The molecule has 4 heteroatoms. The van der Waals surface area contributed by atoms with Crippen LogP contribution >= 0.6 is 0 Å². The lowest BCUT2D eigenvalue weighted by Crippen LogP contribution is -2.12. The van der Waals surface area contributed by atoms with Crippen molar-refractivity contribution >= 4 is 0 Å². The first-order valence-corrected chi connectivity index (χ1v) is 5.64. The maximum absolute atomic E-state index is 9.81. The number of aliphatic hydroxyl groups excluding tert-OH is 1. The Morgan fingerprint density at radius 3 is 2.69 bits per heavy atom. The van der Waals surface area contributed by atoms with Gasteiger partial charge in [-0.05, 0) is 18.8 Å². The third-order valence-electron chi connectivity index (χ3n) is 2.43. The molecule has 0 saturated heterocycles. The second-order valence-electron chi connectivity index (χ2n) is 4.38. The molecule has 90 valence electrons. The van der Waals surface area contributed by atoms with Gasteiger partial charge in [0.2, 0.25) is 5.88 Å². The second kappa shape index (κ2) is 6.43. The molecule has 0 bridgehead atoms. The van der Waals surface area contributed by atoms with Crippen LogP contribution in [0.3, 0.4) is 0 Å². The van der Waals surface area contributed by atoms with Crippen LogP contribution in [0.2, 0.25) is 0 Å². The molecule has 0 spiro atoms. The summed E-state index contributed by atoms with van der Waals surface area (Å²) in [6.07, 6.45) is 3.53. The average Bonchev–Trinajstić information content (AvgIpc) is 2.26. The van der Waals surface area contributed by atoms with Gasteiger partial charge in [0.05, 0.1) is 18.9 Å². The summed E-state index contributed by atoms with van der Waals surface area (Å²) in [4.78, 5) is 8.03. The number of hydrogen-bond acceptors (Lipinski definition) is 4. The SMILES string of the molecule is COc1cc(CC(O)CCC(C)C)ncn1. The van der Waals surface area contributed by atoms with Gasteiger partial charge >= 0.3 is 0 Å². The summed E-state index contributed by atoms with van der Waals surface area (Å²) in [6, 6.07) is 1.76. The second-order valence-corrected chi connectivity index (χ2v) is 4.38. The molecule has 0 aliphatic heterocycles. The van der Waals surface area contributed by atoms with Crippen LogP contribution in [0.15, 0.2) is 12.4 Å². The molecule has 1 aromatic rings. The highest BCUT2D eigenvalue weighted by Crippen LogP contribution is 2.12. The molecule has 0 amide bonds. The van der Waals surface area contributed by atoms with Crippen LogP contribution in [-0.2, 0) is 6.42 Å². The van der Waals surface area contributed by atoms with Crippen LogP contribution in [-0.4, -0.2) is 28.3 Å². The number of hydrogen-bond donors (Lipinski definition) is 1. The molecule has 1 N–H and O–H groups in total. The van der Waals surface area contributed by atoms with E-state index in [1.165, 1.54) is 6.33 Å². The molecule has 1 unspecified atom stereocenters. The van der Waals surface area contributed by atoms with Crippen LogP contribution in [0.4, 0.5) is 0 Å². The van der Waals surface area contributed by atoms with Gasteiger partial charge in [-0.2, -0.15) is 0 Å². The Bertz CT molecular complexity index is 316. The third-order valence-corrected chi connectivity index (χ3v) is 2.43. The van der Waals surface area contributed by atoms with Gasteiger partial charge in [0, 0.05) is 12.5 Å². The number of aliphatic hydroxyl groups is 1. The van der Waals surface area contributed by atoms with Crippen molar-refractivity contribution in [2.75, 3.05) is 7.11 Å². The first-order chi connectivity index (χ1) is 7.61. The largest absolute Gasteiger partial charge is 0.481 e. The standard InChI is InChI=1S/C12H20N2O2/c1-9(2)4-5-11(15)6-10-7-12(16-3)14-8-13-10/h7-9,11,15H,4-6H2,1-3H3. The van der Waals surface area contributed by atoms with Gasteiger partial charge in [-0.3, -0.25) is 0 Å². The molecular weight excluding hydrogens is 204 g/mol. The lowest BCUT2D eigenvalue weighted by Gasteiger charge is -2.11. The summed E-state index contributed by atoms with van der Waals surface area (Å²) in [5.74, 6) is 1.16. The molecule has 1 heterocycles. The van der Waals surface area contributed by atoms with Crippen molar-refractivity contribution in [2.45, 2.75) is 39.2 Å². The normalized spacial score (nSPS) is 12.8. The molecule has 0 fully saturated rings. The smallest absolute Gasteiger partial charge is 0.216 e. The molecular formula is C12H20N2O2. The Kier molecular flexibility index (Phi) is 5.19. The van der Waals surface area contributed by atoms with Gasteiger partial charge in [0.15, 0.2) is 0 Å². The molecule has 1 rings (SSSR count). The van der Waals surface area contributed by atoms with E-state index in [9.17, 15) is 5.11 Å². The summed E-state index contributed by atoms with van der Waals surface area (Å²) < 4.78 is 5.00. The van der Waals surface area contributed by atoms with Crippen LogP contribution in [0, 0.1) is 5.92 Å². The predicted molar refractivity (Wildman–Crippen MR) is 62.4 cm³/mol. The summed E-state index contributed by atoms with van der Waals surface area (Å²) >= 11 is 0. The fourth-order valence-corrected chi connectivity index (χ4v) is 1.47. The van der Waals surface area contributed by atoms with E-state index in [-0.39, 0.29) is 6.10 Å². The highest BCUT2D eigenvalue weighted by molar-refractivity contribution is 5.13. The van der Waals surface area contributed by atoms with Crippen LogP contribution in [0.1, 0.15) is 32.4 Å². The average molecular weight is 224 g/mol. The summed E-state index contributed by atoms with van der Waals surface area (Å²) in [5.41, 5.74) is 0.822. The van der Waals surface area contributed by atoms with E-state index in [0.29, 0.717) is 18.2 Å². The predicted octanol–water partition coefficient (Wildman–Crippen LogP) is 1.82. The molecule has 16 heavy (non-hydrogen) atoms. The molecule has 4 nitrogen and oxygen atoms in total. The number of aromatic nitrogens is 2. The first-order valence-electron chi connectivity index (χ1n) is 5.64. The zero-order chi connectivity index (χ0) is 12.0. The van der Waals surface area contributed by atoms with Crippen LogP contribution < -0.4 is 4.74 Å². The molecule has 0 aliphatic carbocycles. The van der Waals surface area contributed by atoms with Gasteiger partial charge in [0.25, 0.3) is 0 Å². The molecule has 0 aliphatic rings. The molecule has 0 radical (unpaired) electrons. The Labute approximate surface area is 96.7 Å². The van der Waals surface area contributed by atoms with E-state index in [2.05, 4.69) is 23.8 Å². The summed E-state index contributed by atoms with van der Waals surface area (Å²) in [7, 11) is 1.57. The minimum atomic E-state index is -0.331. The highest BCUT2D eigenvalue weighted by Gasteiger charge is 2.08. The van der Waals surface area contributed by atoms with Crippen molar-refractivity contribution in [2.24, 2.45) is 5.92 Å². The van der Waals surface area contributed by atoms with Gasteiger partial charge < -0.3 is 9.84 Å². The maximum Gasteiger partial charge on any atom is 0.216 e. The minimum absolute atomic E-state index is 0.331. The van der Waals surface area contributed by atoms with E-state index in [0.717, 1.165) is 18.5 Å². The number of ether oxygens (including phenoxy) is 1. The molecule has 0 aromatic carbocycles. The van der Waals surface area contributed by atoms with E-state index >= 15 is 0 Å². The van der Waals surface area contributed by atoms with E-state index in [1.807, 2.05) is 0 Å². The lowest BCUT2D eigenvalue weighted by molar-refractivity contribution is 0.155. The summed E-state index contributed by atoms with van der Waals surface area (Å²) in [5, 5.41) is 9.81. The highest BCUT2D eigenvalue weighted by atomic mass is 16.5. The molecule has 1 aromatic heterocycles. The van der Waals surface area contributed by atoms with Gasteiger partial charge in [-0.15, -0.1) is 0 Å². The van der Waals surface area contributed by atoms with Crippen LogP contribution in [0.5, 0.6) is 5.88 Å². The monoisotopic (exact) mass is 224 g/mol. The Morgan fingerprint density at radius 2 is 2.06 bits per heavy atom. The van der Waals surface area contributed by atoms with Gasteiger partial charge in [-0.25, -0.2) is 9.97 Å². The number of methoxy groups -OCH3 is 1. The quantitative estimate of drug-likeness (QED) is 0.801. The first kappa shape index (κ1) is 12.9. The Hall–Kier alpha value is -1.16. The number of nitrogens with zero attached hydrogens (tertiary/aromatic N) is 2. The topological polar surface area (TPSA) is 55.2 Å². The Balaban J connectivity index is 2.45. The summed E-state index contributed by atoms with van der Waals surface area (Å²) in [6.45, 7) is 4.31. The minimum Gasteiger partial charge on any atom is -0.481 e. The van der Waals surface area contributed by atoms with Crippen molar-refractivity contribution in [3.05, 3.63) is 18.1 Å². The van der Waals surface area contributed by atoms with Crippen molar-refractivity contribution in [3.63, 3.8) is 0 Å². The lowest BCUT2D eigenvalue weighted by atomic mass is 10.0. The van der Waals surface area contributed by atoms with Crippen LogP contribution in [0.25, 0.3) is 0 Å². The van der Waals surface area contributed by atoms with Crippen molar-refractivity contribution in [3.8, 4) is 5.88 Å². The Morgan fingerprint density at radius 1 is 1.31 bits per heavy atom. The fraction of sp³-hybridized carbons (Fsp3) is 0.667. The van der Waals surface area contributed by atoms with Gasteiger partial charge in [-0.1, -0.05) is 13.8 Å².